The minimum atomic E-state index is 0.0259. The van der Waals surface area contributed by atoms with Crippen LogP contribution < -0.4 is 0 Å². The van der Waals surface area contributed by atoms with Gasteiger partial charge in [0.25, 0.3) is 0 Å². The van der Waals surface area contributed by atoms with Gasteiger partial charge in [-0.15, -0.1) is 0 Å². The first-order chi connectivity index (χ1) is 5.29. The van der Waals surface area contributed by atoms with Crippen molar-refractivity contribution in [1.29, 1.82) is 0 Å². The van der Waals surface area contributed by atoms with E-state index in [-0.39, 0.29) is 12.4 Å². The molecule has 0 amide bonds. The van der Waals surface area contributed by atoms with E-state index in [1.807, 2.05) is 6.92 Å². The molecule has 11 heavy (non-hydrogen) atoms. The van der Waals surface area contributed by atoms with E-state index in [0.717, 1.165) is 0 Å². The molecule has 58 valence electrons. The zero-order chi connectivity index (χ0) is 8.27. The lowest BCUT2D eigenvalue weighted by Crippen LogP contribution is -1.96. The summed E-state index contributed by atoms with van der Waals surface area (Å²) >= 11 is 0. The quantitative estimate of drug-likeness (QED) is 0.531. The summed E-state index contributed by atoms with van der Waals surface area (Å²) in [5, 5.41) is 0. The second-order valence-corrected chi connectivity index (χ2v) is 2.18. The van der Waals surface area contributed by atoms with Crippen LogP contribution in [0.4, 0.5) is 0 Å². The standard InChI is InChI=1S/C9H10O2/c1-3-5-7-8(10)6-11-9(7)4-2/h3-5H,1,6H2,2H3/b7-5-,9-4+. The number of hydrogen-bond acceptors (Lipinski definition) is 2. The summed E-state index contributed by atoms with van der Waals surface area (Å²) in [6, 6.07) is 0. The van der Waals surface area contributed by atoms with Crippen LogP contribution in [0.2, 0.25) is 0 Å². The summed E-state index contributed by atoms with van der Waals surface area (Å²) in [6.45, 7) is 5.52. The Morgan fingerprint density at radius 1 is 1.64 bits per heavy atom. The van der Waals surface area contributed by atoms with Crippen LogP contribution in [0.1, 0.15) is 6.92 Å². The molecule has 0 N–H and O–H groups in total. The van der Waals surface area contributed by atoms with Crippen LogP contribution in [-0.2, 0) is 9.53 Å². The summed E-state index contributed by atoms with van der Waals surface area (Å²) in [6.07, 6.45) is 5.04. The summed E-state index contributed by atoms with van der Waals surface area (Å²) in [7, 11) is 0. The highest BCUT2D eigenvalue weighted by molar-refractivity contribution is 6.02. The van der Waals surface area contributed by atoms with Crippen molar-refractivity contribution < 1.29 is 9.53 Å². The van der Waals surface area contributed by atoms with Crippen molar-refractivity contribution in [1.82, 2.24) is 0 Å². The van der Waals surface area contributed by atoms with Gasteiger partial charge in [-0.1, -0.05) is 12.7 Å². The predicted molar refractivity (Wildman–Crippen MR) is 43.0 cm³/mol. The fourth-order valence-corrected chi connectivity index (χ4v) is 0.968. The van der Waals surface area contributed by atoms with E-state index in [9.17, 15) is 4.79 Å². The van der Waals surface area contributed by atoms with Gasteiger partial charge >= 0.3 is 0 Å². The molecule has 1 aliphatic rings. The van der Waals surface area contributed by atoms with E-state index < -0.39 is 0 Å². The molecular formula is C9H10O2. The van der Waals surface area contributed by atoms with E-state index >= 15 is 0 Å². The highest BCUT2D eigenvalue weighted by Crippen LogP contribution is 2.19. The van der Waals surface area contributed by atoms with Crippen LogP contribution in [0.25, 0.3) is 0 Å². The molecule has 1 saturated heterocycles. The topological polar surface area (TPSA) is 26.3 Å². The fraction of sp³-hybridized carbons (Fsp3) is 0.222. The van der Waals surface area contributed by atoms with E-state index in [1.54, 1.807) is 18.2 Å². The van der Waals surface area contributed by atoms with Gasteiger partial charge in [0.05, 0.1) is 5.57 Å². The highest BCUT2D eigenvalue weighted by Gasteiger charge is 2.22. The van der Waals surface area contributed by atoms with Crippen LogP contribution in [0, 0.1) is 0 Å². The first-order valence-electron chi connectivity index (χ1n) is 3.45. The normalized spacial score (nSPS) is 24.3. The number of ether oxygens (including phenoxy) is 1. The monoisotopic (exact) mass is 150 g/mol. The minimum Gasteiger partial charge on any atom is -0.485 e. The SMILES string of the molecule is C=C/C=C1/C(=O)CO/C1=C/C. The highest BCUT2D eigenvalue weighted by atomic mass is 16.5. The van der Waals surface area contributed by atoms with Crippen molar-refractivity contribution in [2.24, 2.45) is 0 Å². The summed E-state index contributed by atoms with van der Waals surface area (Å²) in [5.41, 5.74) is 0.627. The molecule has 0 saturated carbocycles. The lowest BCUT2D eigenvalue weighted by Gasteiger charge is -1.93. The summed E-state index contributed by atoms with van der Waals surface area (Å²) in [5.74, 6) is 0.688. The van der Waals surface area contributed by atoms with Crippen LogP contribution >= 0.6 is 0 Å². The Morgan fingerprint density at radius 3 is 2.91 bits per heavy atom. The van der Waals surface area contributed by atoms with Gasteiger partial charge in [0.2, 0.25) is 5.78 Å². The first kappa shape index (κ1) is 7.79. The van der Waals surface area contributed by atoms with Gasteiger partial charge in [-0.05, 0) is 19.1 Å². The van der Waals surface area contributed by atoms with Crippen LogP contribution in [0.15, 0.2) is 36.1 Å². The number of allylic oxidation sites excluding steroid dienone is 4. The number of carbonyl (C=O) groups excluding carboxylic acids is 1. The number of hydrogen-bond donors (Lipinski definition) is 0. The van der Waals surface area contributed by atoms with Crippen molar-refractivity contribution in [2.75, 3.05) is 6.61 Å². The third-order valence-electron chi connectivity index (χ3n) is 1.47. The number of rotatable bonds is 1. The van der Waals surface area contributed by atoms with E-state index in [4.69, 9.17) is 4.74 Å². The molecule has 0 unspecified atom stereocenters. The average molecular weight is 150 g/mol. The molecule has 0 aromatic heterocycles. The lowest BCUT2D eigenvalue weighted by atomic mass is 10.1. The third kappa shape index (κ3) is 1.40. The maximum Gasteiger partial charge on any atom is 0.203 e. The Labute approximate surface area is 65.9 Å². The molecule has 0 bridgehead atoms. The molecule has 0 atom stereocenters. The zero-order valence-corrected chi connectivity index (χ0v) is 6.46. The largest absolute Gasteiger partial charge is 0.485 e. The Hall–Kier alpha value is -1.31. The van der Waals surface area contributed by atoms with Crippen LogP contribution in [-0.4, -0.2) is 12.4 Å². The zero-order valence-electron chi connectivity index (χ0n) is 6.46. The molecule has 1 rings (SSSR count). The molecule has 1 heterocycles. The van der Waals surface area contributed by atoms with Gasteiger partial charge in [-0.3, -0.25) is 4.79 Å². The smallest absolute Gasteiger partial charge is 0.203 e. The Balaban J connectivity index is 2.97. The van der Waals surface area contributed by atoms with Crippen LogP contribution in [0.5, 0.6) is 0 Å². The van der Waals surface area contributed by atoms with E-state index in [1.165, 1.54) is 0 Å². The molecule has 2 nitrogen and oxygen atoms in total. The first-order valence-corrected chi connectivity index (χ1v) is 3.45. The Kier molecular flexibility index (Phi) is 2.26. The van der Waals surface area contributed by atoms with Gasteiger partial charge in [0, 0.05) is 0 Å². The second-order valence-electron chi connectivity index (χ2n) is 2.18. The average Bonchev–Trinajstić information content (AvgIpc) is 2.34. The van der Waals surface area contributed by atoms with Gasteiger partial charge < -0.3 is 4.74 Å². The van der Waals surface area contributed by atoms with Crippen molar-refractivity contribution in [2.45, 2.75) is 6.92 Å². The molecule has 0 radical (unpaired) electrons. The maximum absolute atomic E-state index is 11.1. The molecule has 0 aliphatic carbocycles. The van der Waals surface area contributed by atoms with Crippen molar-refractivity contribution in [3.8, 4) is 0 Å². The van der Waals surface area contributed by atoms with E-state index in [2.05, 4.69) is 6.58 Å². The lowest BCUT2D eigenvalue weighted by molar-refractivity contribution is -0.115. The van der Waals surface area contributed by atoms with Gasteiger partial charge in [-0.2, -0.15) is 0 Å². The molecule has 1 fully saturated rings. The van der Waals surface area contributed by atoms with Gasteiger partial charge in [-0.25, -0.2) is 0 Å². The minimum absolute atomic E-state index is 0.0259. The predicted octanol–water partition coefficient (Wildman–Crippen LogP) is 1.60. The fourth-order valence-electron chi connectivity index (χ4n) is 0.968. The number of Topliss-reactive ketones (excluding diaryl/α,β-unsaturated/α-hetero) is 1. The molecule has 0 aromatic carbocycles. The Bertz CT molecular complexity index is 246. The molecular weight excluding hydrogens is 140 g/mol. The second kappa shape index (κ2) is 3.19. The van der Waals surface area contributed by atoms with Crippen molar-refractivity contribution in [3.63, 3.8) is 0 Å². The molecule has 2 heteroatoms. The van der Waals surface area contributed by atoms with E-state index in [0.29, 0.717) is 11.3 Å². The van der Waals surface area contributed by atoms with Crippen LogP contribution in [0.3, 0.4) is 0 Å². The van der Waals surface area contributed by atoms with Crippen molar-refractivity contribution in [3.05, 3.63) is 36.1 Å². The molecule has 0 aromatic rings. The number of carbonyl (C=O) groups is 1. The Morgan fingerprint density at radius 2 is 2.36 bits per heavy atom. The summed E-state index contributed by atoms with van der Waals surface area (Å²) in [4.78, 5) is 11.1. The van der Waals surface area contributed by atoms with Crippen molar-refractivity contribution >= 4 is 5.78 Å². The molecule has 1 aliphatic heterocycles. The third-order valence-corrected chi connectivity index (χ3v) is 1.47. The summed E-state index contributed by atoms with van der Waals surface area (Å²) < 4.78 is 5.08. The van der Waals surface area contributed by atoms with Gasteiger partial charge in [0.1, 0.15) is 5.76 Å². The number of ketones is 1. The molecule has 0 spiro atoms. The van der Waals surface area contributed by atoms with Gasteiger partial charge in [0.15, 0.2) is 6.61 Å². The maximum atomic E-state index is 11.1.